The number of urea groups is 1. The van der Waals surface area contributed by atoms with Gasteiger partial charge in [-0.1, -0.05) is 6.07 Å². The minimum atomic E-state index is -5.15. The molecule has 3 N–H and O–H groups in total. The van der Waals surface area contributed by atoms with Gasteiger partial charge in [-0.3, -0.25) is 0 Å². The second-order valence-electron chi connectivity index (χ2n) is 4.10. The number of halogens is 5. The molecule has 0 saturated heterocycles. The Labute approximate surface area is 134 Å². The molecule has 0 bridgehead atoms. The Balaban J connectivity index is 2.98. The van der Waals surface area contributed by atoms with Crippen molar-refractivity contribution in [3.63, 3.8) is 0 Å². The average molecular weight is 434 g/mol. The van der Waals surface area contributed by atoms with E-state index in [0.29, 0.717) is 15.9 Å². The lowest BCUT2D eigenvalue weighted by atomic mass is 10.0. The molecule has 1 unspecified atom stereocenters. The number of hydrogen-bond acceptors (Lipinski definition) is 2. The smallest absolute Gasteiger partial charge is 0.422 e. The molecule has 0 aliphatic rings. The molecule has 116 valence electrons. The van der Waals surface area contributed by atoms with Crippen LogP contribution in [0.1, 0.15) is 6.92 Å². The molecule has 0 fully saturated rings. The van der Waals surface area contributed by atoms with Crippen LogP contribution in [0.2, 0.25) is 0 Å². The zero-order chi connectivity index (χ0) is 16.4. The third-order valence-corrected chi connectivity index (χ3v) is 3.88. The van der Waals surface area contributed by atoms with Gasteiger partial charge in [0.1, 0.15) is 0 Å². The number of amides is 2. The molecule has 10 heteroatoms. The van der Waals surface area contributed by atoms with E-state index in [1.165, 1.54) is 5.32 Å². The maximum Gasteiger partial charge on any atom is 0.422 e. The number of benzene rings is 1. The van der Waals surface area contributed by atoms with Gasteiger partial charge in [-0.2, -0.15) is 13.2 Å². The van der Waals surface area contributed by atoms with E-state index in [4.69, 9.17) is 5.11 Å². The van der Waals surface area contributed by atoms with Gasteiger partial charge in [-0.25, -0.2) is 9.59 Å². The molecule has 1 rings (SSSR count). The van der Waals surface area contributed by atoms with Gasteiger partial charge in [0.25, 0.3) is 0 Å². The molecular formula is C11H9Br2F3N2O3. The molecule has 2 amide bonds. The molecule has 1 aromatic rings. The fourth-order valence-corrected chi connectivity index (χ4v) is 2.43. The highest BCUT2D eigenvalue weighted by Gasteiger charge is 2.58. The summed E-state index contributed by atoms with van der Waals surface area (Å²) < 4.78 is 39.1. The van der Waals surface area contributed by atoms with Crippen molar-refractivity contribution >= 4 is 49.5 Å². The summed E-state index contributed by atoms with van der Waals surface area (Å²) in [4.78, 5) is 22.5. The number of carboxylic acid groups (broad SMARTS) is 1. The van der Waals surface area contributed by atoms with Crippen molar-refractivity contribution in [2.24, 2.45) is 0 Å². The molecule has 0 saturated carbocycles. The number of hydrogen-bond donors (Lipinski definition) is 3. The van der Waals surface area contributed by atoms with Crippen LogP contribution in [0.4, 0.5) is 23.7 Å². The van der Waals surface area contributed by atoms with Gasteiger partial charge in [-0.05, 0) is 50.9 Å². The van der Waals surface area contributed by atoms with Gasteiger partial charge < -0.3 is 15.7 Å². The largest absolute Gasteiger partial charge is 0.479 e. The Hall–Kier alpha value is -1.29. The standard InChI is InChI=1S/C11H9Br2F3N2O3/c1-10(8(19)20,11(14,15)16)18-9(21)17-7-5(12)3-2-4-6(7)13/h2-4H,1H3,(H,19,20)(H2,17,18,21). The molecule has 0 aromatic heterocycles. The van der Waals surface area contributed by atoms with Crippen molar-refractivity contribution < 1.29 is 27.9 Å². The van der Waals surface area contributed by atoms with Crippen LogP contribution in [0.5, 0.6) is 0 Å². The first-order valence-electron chi connectivity index (χ1n) is 5.32. The predicted molar refractivity (Wildman–Crippen MR) is 76.1 cm³/mol. The first-order chi connectivity index (χ1) is 9.49. The lowest BCUT2D eigenvalue weighted by Crippen LogP contribution is -2.62. The van der Waals surface area contributed by atoms with E-state index in [2.05, 4.69) is 37.2 Å². The Morgan fingerprint density at radius 2 is 1.67 bits per heavy atom. The van der Waals surface area contributed by atoms with Crippen molar-refractivity contribution in [3.05, 3.63) is 27.1 Å². The number of carbonyl (C=O) groups is 2. The number of para-hydroxylation sites is 1. The van der Waals surface area contributed by atoms with E-state index in [1.807, 2.05) is 0 Å². The molecule has 1 atom stereocenters. The summed E-state index contributed by atoms with van der Waals surface area (Å²) in [6.07, 6.45) is -5.15. The van der Waals surface area contributed by atoms with E-state index in [9.17, 15) is 22.8 Å². The van der Waals surface area contributed by atoms with Crippen molar-refractivity contribution in [2.75, 3.05) is 5.32 Å². The molecule has 5 nitrogen and oxygen atoms in total. The van der Waals surface area contributed by atoms with Crippen LogP contribution in [0.25, 0.3) is 0 Å². The van der Waals surface area contributed by atoms with Gasteiger partial charge in [0.05, 0.1) is 5.69 Å². The van der Waals surface area contributed by atoms with Gasteiger partial charge >= 0.3 is 18.2 Å². The second-order valence-corrected chi connectivity index (χ2v) is 5.81. The fourth-order valence-electron chi connectivity index (χ4n) is 1.23. The number of carbonyl (C=O) groups excluding carboxylic acids is 1. The SMILES string of the molecule is CC(NC(=O)Nc1c(Br)cccc1Br)(C(=O)O)C(F)(F)F. The Kier molecular flexibility index (Phi) is 5.26. The minimum absolute atomic E-state index is 0.171. The summed E-state index contributed by atoms with van der Waals surface area (Å²) in [6, 6.07) is 3.44. The number of anilines is 1. The van der Waals surface area contributed by atoms with E-state index in [0.717, 1.165) is 0 Å². The van der Waals surface area contributed by atoms with Crippen molar-refractivity contribution in [2.45, 2.75) is 18.6 Å². The van der Waals surface area contributed by atoms with E-state index >= 15 is 0 Å². The summed E-state index contributed by atoms with van der Waals surface area (Å²) in [5.41, 5.74) is -3.23. The minimum Gasteiger partial charge on any atom is -0.479 e. The molecule has 0 aliphatic heterocycles. The molecule has 0 spiro atoms. The number of rotatable bonds is 3. The molecule has 21 heavy (non-hydrogen) atoms. The fraction of sp³-hybridized carbons (Fsp3) is 0.273. The molecular weight excluding hydrogens is 425 g/mol. The van der Waals surface area contributed by atoms with Crippen molar-refractivity contribution in [1.82, 2.24) is 5.32 Å². The normalized spacial score (nSPS) is 14.2. The summed E-state index contributed by atoms with van der Waals surface area (Å²) in [5.74, 6) is -2.21. The molecule has 1 aromatic carbocycles. The second kappa shape index (κ2) is 6.22. The lowest BCUT2D eigenvalue weighted by Gasteiger charge is -2.28. The maximum absolute atomic E-state index is 12.8. The van der Waals surface area contributed by atoms with E-state index in [1.54, 1.807) is 18.2 Å². The predicted octanol–water partition coefficient (Wildman–Crippen LogP) is 3.74. The first kappa shape index (κ1) is 17.8. The van der Waals surface area contributed by atoms with Crippen molar-refractivity contribution in [3.8, 4) is 0 Å². The maximum atomic E-state index is 12.8. The van der Waals surface area contributed by atoms with Crippen molar-refractivity contribution in [1.29, 1.82) is 0 Å². The van der Waals surface area contributed by atoms with E-state index in [-0.39, 0.29) is 5.69 Å². The average Bonchev–Trinajstić information content (AvgIpc) is 2.32. The van der Waals surface area contributed by atoms with Gasteiger partial charge in [0.2, 0.25) is 5.54 Å². The number of nitrogens with one attached hydrogen (secondary N) is 2. The Morgan fingerprint density at radius 1 is 1.19 bits per heavy atom. The number of aliphatic carboxylic acids is 1. The van der Waals surface area contributed by atoms with Gasteiger partial charge in [0.15, 0.2) is 0 Å². The van der Waals surface area contributed by atoms with Crippen LogP contribution in [0.3, 0.4) is 0 Å². The summed E-state index contributed by atoms with van der Waals surface area (Å²) in [7, 11) is 0. The number of alkyl halides is 3. The Bertz CT molecular complexity index is 560. The monoisotopic (exact) mass is 432 g/mol. The third-order valence-electron chi connectivity index (χ3n) is 2.56. The number of carboxylic acids is 1. The zero-order valence-corrected chi connectivity index (χ0v) is 13.6. The zero-order valence-electron chi connectivity index (χ0n) is 10.4. The van der Waals surface area contributed by atoms with Crippen LogP contribution in [-0.4, -0.2) is 28.8 Å². The highest BCUT2D eigenvalue weighted by atomic mass is 79.9. The first-order valence-corrected chi connectivity index (χ1v) is 6.91. The lowest BCUT2D eigenvalue weighted by molar-refractivity contribution is -0.203. The van der Waals surface area contributed by atoms with Crippen LogP contribution in [0, 0.1) is 0 Å². The summed E-state index contributed by atoms with van der Waals surface area (Å²) in [6.45, 7) is 0.365. The highest BCUT2D eigenvalue weighted by Crippen LogP contribution is 2.32. The molecule has 0 radical (unpaired) electrons. The molecule has 0 aliphatic carbocycles. The van der Waals surface area contributed by atoms with Crippen LogP contribution in [-0.2, 0) is 4.79 Å². The highest BCUT2D eigenvalue weighted by molar-refractivity contribution is 9.11. The third kappa shape index (κ3) is 3.88. The van der Waals surface area contributed by atoms with Crippen LogP contribution >= 0.6 is 31.9 Å². The topological polar surface area (TPSA) is 78.4 Å². The van der Waals surface area contributed by atoms with Gasteiger partial charge in [-0.15, -0.1) is 0 Å². The van der Waals surface area contributed by atoms with Crippen LogP contribution in [0.15, 0.2) is 27.1 Å². The van der Waals surface area contributed by atoms with E-state index < -0.39 is 23.7 Å². The van der Waals surface area contributed by atoms with Gasteiger partial charge in [0, 0.05) is 8.95 Å². The quantitative estimate of drug-likeness (QED) is 0.679. The summed E-state index contributed by atoms with van der Waals surface area (Å²) in [5, 5.41) is 12.3. The Morgan fingerprint density at radius 3 is 2.05 bits per heavy atom. The van der Waals surface area contributed by atoms with Crippen LogP contribution < -0.4 is 10.6 Å². The summed E-state index contributed by atoms with van der Waals surface area (Å²) >= 11 is 6.23. The molecule has 0 heterocycles.